The van der Waals surface area contributed by atoms with Crippen LogP contribution in [0.5, 0.6) is 0 Å². The van der Waals surface area contributed by atoms with E-state index in [4.69, 9.17) is 11.6 Å². The SMILES string of the molecule is CC(C)NC(=O)[C@H](C)N(Cc1ccc(F)cc1)C(=O)CN(c1cc(C(F)(F)F)ccc1Cl)S(=O)(=O)c1ccccc1. The van der Waals surface area contributed by atoms with Gasteiger partial charge in [-0.1, -0.05) is 41.9 Å². The van der Waals surface area contributed by atoms with E-state index in [0.29, 0.717) is 22.0 Å². The van der Waals surface area contributed by atoms with Crippen molar-refractivity contribution in [3.8, 4) is 0 Å². The van der Waals surface area contributed by atoms with Crippen molar-refractivity contribution in [1.29, 1.82) is 0 Å². The van der Waals surface area contributed by atoms with Crippen molar-refractivity contribution in [1.82, 2.24) is 10.2 Å². The molecule has 7 nitrogen and oxygen atoms in total. The van der Waals surface area contributed by atoms with Gasteiger partial charge in [0, 0.05) is 12.6 Å². The van der Waals surface area contributed by atoms with Gasteiger partial charge in [-0.05, 0) is 68.8 Å². The zero-order chi connectivity index (χ0) is 30.5. The molecule has 0 saturated heterocycles. The van der Waals surface area contributed by atoms with Gasteiger partial charge in [-0.25, -0.2) is 12.8 Å². The summed E-state index contributed by atoms with van der Waals surface area (Å²) in [6.07, 6.45) is -4.83. The molecule has 3 aromatic rings. The number of alkyl halides is 3. The van der Waals surface area contributed by atoms with Gasteiger partial charge < -0.3 is 10.2 Å². The number of benzene rings is 3. The Hall–Kier alpha value is -3.64. The van der Waals surface area contributed by atoms with Gasteiger partial charge >= 0.3 is 6.18 Å². The molecule has 0 unspecified atom stereocenters. The highest BCUT2D eigenvalue weighted by Crippen LogP contribution is 2.37. The van der Waals surface area contributed by atoms with Crippen LogP contribution in [0.1, 0.15) is 31.9 Å². The van der Waals surface area contributed by atoms with Gasteiger partial charge in [-0.3, -0.25) is 13.9 Å². The Bertz CT molecular complexity index is 1480. The third kappa shape index (κ3) is 7.98. The normalized spacial score (nSPS) is 12.6. The van der Waals surface area contributed by atoms with Crippen molar-refractivity contribution < 1.29 is 35.6 Å². The van der Waals surface area contributed by atoms with Gasteiger partial charge in [-0.15, -0.1) is 0 Å². The first-order valence-corrected chi connectivity index (χ1v) is 14.2. The fraction of sp³-hybridized carbons (Fsp3) is 0.286. The lowest BCUT2D eigenvalue weighted by atomic mass is 10.1. The molecule has 220 valence electrons. The Kier molecular flexibility index (Phi) is 10.0. The molecule has 1 N–H and O–H groups in total. The minimum atomic E-state index is -4.83. The molecule has 2 amide bonds. The molecule has 0 aliphatic carbocycles. The fourth-order valence-corrected chi connectivity index (χ4v) is 5.60. The summed E-state index contributed by atoms with van der Waals surface area (Å²) in [5, 5.41) is 2.33. The Morgan fingerprint density at radius 1 is 0.951 bits per heavy atom. The van der Waals surface area contributed by atoms with E-state index in [9.17, 15) is 35.6 Å². The molecule has 41 heavy (non-hydrogen) atoms. The van der Waals surface area contributed by atoms with Crippen molar-refractivity contribution in [3.63, 3.8) is 0 Å². The molecule has 3 rings (SSSR count). The number of carbonyl (C=O) groups excluding carboxylic acids is 2. The lowest BCUT2D eigenvalue weighted by molar-refractivity contribution is -0.139. The van der Waals surface area contributed by atoms with E-state index in [0.717, 1.165) is 23.1 Å². The third-order valence-corrected chi connectivity index (χ3v) is 8.11. The summed E-state index contributed by atoms with van der Waals surface area (Å²) < 4.78 is 82.2. The lowest BCUT2D eigenvalue weighted by Gasteiger charge is -2.32. The summed E-state index contributed by atoms with van der Waals surface area (Å²) in [7, 11) is -4.63. The Labute approximate surface area is 240 Å². The summed E-state index contributed by atoms with van der Waals surface area (Å²) in [6.45, 7) is 3.63. The van der Waals surface area contributed by atoms with E-state index in [1.54, 1.807) is 19.9 Å². The predicted molar refractivity (Wildman–Crippen MR) is 147 cm³/mol. The van der Waals surface area contributed by atoms with Gasteiger partial charge in [0.05, 0.1) is 21.2 Å². The molecule has 0 aliphatic heterocycles. The van der Waals surface area contributed by atoms with Gasteiger partial charge in [0.1, 0.15) is 18.4 Å². The number of nitrogens with zero attached hydrogens (tertiary/aromatic N) is 2. The molecule has 0 saturated carbocycles. The number of anilines is 1. The zero-order valence-electron chi connectivity index (χ0n) is 22.3. The van der Waals surface area contributed by atoms with E-state index < -0.39 is 57.7 Å². The average molecular weight is 614 g/mol. The second-order valence-electron chi connectivity index (χ2n) is 9.48. The summed E-state index contributed by atoms with van der Waals surface area (Å²) in [6, 6.07) is 12.7. The third-order valence-electron chi connectivity index (χ3n) is 6.02. The Balaban J connectivity index is 2.12. The topological polar surface area (TPSA) is 86.8 Å². The number of sulfonamides is 1. The molecule has 0 fully saturated rings. The van der Waals surface area contributed by atoms with E-state index in [-0.39, 0.29) is 22.5 Å². The second kappa shape index (κ2) is 12.9. The maximum absolute atomic E-state index is 13.8. The number of amides is 2. The smallest absolute Gasteiger partial charge is 0.352 e. The zero-order valence-corrected chi connectivity index (χ0v) is 23.9. The summed E-state index contributed by atoms with van der Waals surface area (Å²) in [4.78, 5) is 27.5. The minimum absolute atomic E-state index is 0.221. The van der Waals surface area contributed by atoms with Crippen LogP contribution in [0, 0.1) is 5.82 Å². The molecule has 0 aromatic heterocycles. The van der Waals surface area contributed by atoms with Gasteiger partial charge in [0.25, 0.3) is 10.0 Å². The standard InChI is InChI=1S/C28H28ClF4N3O4S/c1-18(2)34-27(38)19(3)35(16-20-9-12-22(30)13-10-20)26(37)17-36(41(39,40)23-7-5-4-6-8-23)25-15-21(28(31,32)33)11-14-24(25)29/h4-15,18-19H,16-17H2,1-3H3,(H,34,38)/t19-/m0/s1. The van der Waals surface area contributed by atoms with E-state index in [1.807, 2.05) is 0 Å². The number of carbonyl (C=O) groups is 2. The van der Waals surface area contributed by atoms with E-state index >= 15 is 0 Å². The molecule has 0 aliphatic rings. The van der Waals surface area contributed by atoms with Crippen LogP contribution < -0.4 is 9.62 Å². The van der Waals surface area contributed by atoms with Crippen LogP contribution in [-0.2, 0) is 32.3 Å². The minimum Gasteiger partial charge on any atom is -0.352 e. The summed E-state index contributed by atoms with van der Waals surface area (Å²) in [5.41, 5.74) is -1.32. The predicted octanol–water partition coefficient (Wildman–Crippen LogP) is 5.64. The molecule has 0 heterocycles. The number of halogens is 5. The van der Waals surface area contributed by atoms with Crippen LogP contribution in [0.4, 0.5) is 23.2 Å². The maximum Gasteiger partial charge on any atom is 0.416 e. The highest BCUT2D eigenvalue weighted by molar-refractivity contribution is 7.92. The molecule has 13 heteroatoms. The highest BCUT2D eigenvalue weighted by atomic mass is 35.5. The second-order valence-corrected chi connectivity index (χ2v) is 11.7. The fourth-order valence-electron chi connectivity index (χ4n) is 3.89. The molecule has 0 radical (unpaired) electrons. The number of rotatable bonds is 10. The molecule has 0 bridgehead atoms. The number of hydrogen-bond acceptors (Lipinski definition) is 4. The van der Waals surface area contributed by atoms with Crippen molar-refractivity contribution in [3.05, 3.63) is 94.8 Å². The summed E-state index contributed by atoms with van der Waals surface area (Å²) >= 11 is 6.21. The molecule has 1 atom stereocenters. The highest BCUT2D eigenvalue weighted by Gasteiger charge is 2.36. The van der Waals surface area contributed by atoms with E-state index in [2.05, 4.69) is 5.32 Å². The van der Waals surface area contributed by atoms with Crippen LogP contribution in [0.3, 0.4) is 0 Å². The molecular formula is C28H28ClF4N3O4S. The Morgan fingerprint density at radius 3 is 2.12 bits per heavy atom. The van der Waals surface area contributed by atoms with Crippen molar-refractivity contribution >= 4 is 39.1 Å². The van der Waals surface area contributed by atoms with Crippen molar-refractivity contribution in [2.24, 2.45) is 0 Å². The van der Waals surface area contributed by atoms with Gasteiger partial charge in [0.2, 0.25) is 11.8 Å². The first-order valence-electron chi connectivity index (χ1n) is 12.4. The number of hydrogen-bond donors (Lipinski definition) is 1. The van der Waals surface area contributed by atoms with Crippen LogP contribution in [0.15, 0.2) is 77.7 Å². The van der Waals surface area contributed by atoms with Crippen LogP contribution in [-0.4, -0.2) is 43.8 Å². The average Bonchev–Trinajstić information content (AvgIpc) is 2.90. The monoisotopic (exact) mass is 613 g/mol. The van der Waals surface area contributed by atoms with Crippen LogP contribution >= 0.6 is 11.6 Å². The first-order chi connectivity index (χ1) is 19.1. The molecule has 0 spiro atoms. The molecule has 3 aromatic carbocycles. The quantitative estimate of drug-likeness (QED) is 0.300. The first kappa shape index (κ1) is 31.9. The summed E-state index contributed by atoms with van der Waals surface area (Å²) in [5.74, 6) is -1.99. The van der Waals surface area contributed by atoms with Crippen molar-refractivity contribution in [2.45, 2.75) is 50.5 Å². The van der Waals surface area contributed by atoms with Gasteiger partial charge in [-0.2, -0.15) is 13.2 Å². The van der Waals surface area contributed by atoms with E-state index in [1.165, 1.54) is 43.3 Å². The van der Waals surface area contributed by atoms with Crippen LogP contribution in [0.2, 0.25) is 5.02 Å². The van der Waals surface area contributed by atoms with Gasteiger partial charge in [0.15, 0.2) is 0 Å². The largest absolute Gasteiger partial charge is 0.416 e. The lowest BCUT2D eigenvalue weighted by Crippen LogP contribution is -2.52. The van der Waals surface area contributed by atoms with Crippen molar-refractivity contribution in [2.75, 3.05) is 10.8 Å². The Morgan fingerprint density at radius 2 is 1.56 bits per heavy atom. The molecular weight excluding hydrogens is 586 g/mol. The van der Waals surface area contributed by atoms with Crippen LogP contribution in [0.25, 0.3) is 0 Å². The number of nitrogens with one attached hydrogen (secondary N) is 1. The maximum atomic E-state index is 13.8.